The Balaban J connectivity index is 2.29. The molecule has 0 bridgehead atoms. The van der Waals surface area contributed by atoms with Crippen LogP contribution in [0.4, 0.5) is 0 Å². The van der Waals surface area contributed by atoms with E-state index < -0.39 is 0 Å². The van der Waals surface area contributed by atoms with Gasteiger partial charge in [-0.25, -0.2) is 0 Å². The lowest BCUT2D eigenvalue weighted by molar-refractivity contribution is 0.289. The van der Waals surface area contributed by atoms with Gasteiger partial charge in [-0.3, -0.25) is 0 Å². The summed E-state index contributed by atoms with van der Waals surface area (Å²) in [7, 11) is 0. The maximum Gasteiger partial charge on any atom is 0.00127 e. The van der Waals surface area contributed by atoms with Crippen LogP contribution in [0, 0.1) is 11.3 Å². The Morgan fingerprint density at radius 3 is 2.23 bits per heavy atom. The molecule has 78 valence electrons. The molecule has 0 aromatic heterocycles. The highest BCUT2D eigenvalue weighted by atomic mass is 14.9. The zero-order valence-corrected chi connectivity index (χ0v) is 9.69. The highest BCUT2D eigenvalue weighted by molar-refractivity contribution is 4.98. The predicted octanol–water partition coefficient (Wildman–Crippen LogP) is 3.20. The zero-order chi connectivity index (χ0) is 9.90. The van der Waals surface area contributed by atoms with E-state index in [0.717, 1.165) is 5.92 Å². The van der Waals surface area contributed by atoms with E-state index in [4.69, 9.17) is 0 Å². The lowest BCUT2D eigenvalue weighted by Crippen LogP contribution is -2.33. The van der Waals surface area contributed by atoms with Crippen molar-refractivity contribution >= 4 is 0 Å². The van der Waals surface area contributed by atoms with Crippen molar-refractivity contribution in [1.82, 2.24) is 5.32 Å². The quantitative estimate of drug-likeness (QED) is 0.667. The number of hydrogen-bond acceptors (Lipinski definition) is 1. The van der Waals surface area contributed by atoms with Crippen molar-refractivity contribution in [2.45, 2.75) is 59.4 Å². The molecule has 0 aliphatic heterocycles. The Hall–Kier alpha value is -0.0400. The van der Waals surface area contributed by atoms with Gasteiger partial charge in [0.15, 0.2) is 0 Å². The largest absolute Gasteiger partial charge is 0.314 e. The van der Waals surface area contributed by atoms with Crippen LogP contribution in [0.2, 0.25) is 0 Å². The van der Waals surface area contributed by atoms with Crippen LogP contribution < -0.4 is 5.32 Å². The van der Waals surface area contributed by atoms with Crippen LogP contribution in [-0.2, 0) is 0 Å². The summed E-state index contributed by atoms with van der Waals surface area (Å²) in [6.07, 6.45) is 5.64. The summed E-state index contributed by atoms with van der Waals surface area (Å²) >= 11 is 0. The van der Waals surface area contributed by atoms with Gasteiger partial charge in [-0.2, -0.15) is 0 Å². The van der Waals surface area contributed by atoms with Crippen molar-refractivity contribution in [1.29, 1.82) is 0 Å². The second-order valence-corrected chi connectivity index (χ2v) is 5.09. The van der Waals surface area contributed by atoms with E-state index in [1.54, 1.807) is 0 Å². The van der Waals surface area contributed by atoms with Crippen molar-refractivity contribution in [3.8, 4) is 0 Å². The van der Waals surface area contributed by atoms with Gasteiger partial charge in [0.1, 0.15) is 0 Å². The third-order valence-corrected chi connectivity index (χ3v) is 3.52. The Bertz CT molecular complexity index is 147. The Morgan fingerprint density at radius 1 is 1.23 bits per heavy atom. The molecule has 1 aliphatic rings. The van der Waals surface area contributed by atoms with Crippen molar-refractivity contribution in [2.24, 2.45) is 11.3 Å². The molecule has 1 nitrogen and oxygen atoms in total. The molecule has 0 aromatic rings. The smallest absolute Gasteiger partial charge is 0.00127 e. The van der Waals surface area contributed by atoms with E-state index in [-0.39, 0.29) is 0 Å². The first kappa shape index (κ1) is 11.0. The summed E-state index contributed by atoms with van der Waals surface area (Å²) in [6, 6.07) is 0.645. The van der Waals surface area contributed by atoms with E-state index in [1.807, 2.05) is 0 Å². The second kappa shape index (κ2) is 4.45. The molecule has 0 heterocycles. The topological polar surface area (TPSA) is 12.0 Å². The fraction of sp³-hybridized carbons (Fsp3) is 1.00. The van der Waals surface area contributed by atoms with E-state index in [0.29, 0.717) is 11.5 Å². The van der Waals surface area contributed by atoms with Crippen molar-refractivity contribution in [3.63, 3.8) is 0 Å². The van der Waals surface area contributed by atoms with Crippen LogP contribution in [0.25, 0.3) is 0 Å². The number of rotatable bonds is 6. The van der Waals surface area contributed by atoms with Gasteiger partial charge in [0.05, 0.1) is 0 Å². The first-order valence-electron chi connectivity index (χ1n) is 5.84. The molecule has 1 atom stereocenters. The molecule has 13 heavy (non-hydrogen) atoms. The van der Waals surface area contributed by atoms with Gasteiger partial charge < -0.3 is 5.32 Å². The minimum atomic E-state index is 0.645. The molecule has 1 heteroatoms. The Kier molecular flexibility index (Phi) is 3.78. The van der Waals surface area contributed by atoms with Gasteiger partial charge in [0.2, 0.25) is 0 Å². The molecule has 1 rings (SSSR count). The standard InChI is InChI=1S/C12H25N/c1-5-6-11(4)12(7-8-12)9-13-10(2)3/h10-11,13H,5-9H2,1-4H3. The molecule has 0 amide bonds. The van der Waals surface area contributed by atoms with Gasteiger partial charge >= 0.3 is 0 Å². The summed E-state index contributed by atoms with van der Waals surface area (Å²) in [6.45, 7) is 10.4. The third-order valence-electron chi connectivity index (χ3n) is 3.52. The van der Waals surface area contributed by atoms with E-state index >= 15 is 0 Å². The maximum atomic E-state index is 3.59. The fourth-order valence-electron chi connectivity index (χ4n) is 2.15. The summed E-state index contributed by atoms with van der Waals surface area (Å²) < 4.78 is 0. The first-order chi connectivity index (χ1) is 6.10. The van der Waals surface area contributed by atoms with E-state index in [9.17, 15) is 0 Å². The summed E-state index contributed by atoms with van der Waals surface area (Å²) in [5.74, 6) is 0.920. The van der Waals surface area contributed by atoms with Gasteiger partial charge in [-0.1, -0.05) is 40.5 Å². The summed E-state index contributed by atoms with van der Waals surface area (Å²) in [4.78, 5) is 0. The van der Waals surface area contributed by atoms with Crippen LogP contribution in [0.1, 0.15) is 53.4 Å². The van der Waals surface area contributed by atoms with Gasteiger partial charge in [-0.15, -0.1) is 0 Å². The van der Waals surface area contributed by atoms with Crippen LogP contribution in [0.3, 0.4) is 0 Å². The highest BCUT2D eigenvalue weighted by Gasteiger charge is 2.46. The van der Waals surface area contributed by atoms with E-state index in [2.05, 4.69) is 33.0 Å². The monoisotopic (exact) mass is 183 g/mol. The molecule has 0 spiro atoms. The van der Waals surface area contributed by atoms with Crippen LogP contribution in [0.5, 0.6) is 0 Å². The SMILES string of the molecule is CCCC(C)C1(CNC(C)C)CC1. The summed E-state index contributed by atoms with van der Waals surface area (Å²) in [5, 5.41) is 3.59. The minimum Gasteiger partial charge on any atom is -0.314 e. The van der Waals surface area contributed by atoms with Crippen molar-refractivity contribution < 1.29 is 0 Å². The Labute approximate surface area is 83.3 Å². The maximum absolute atomic E-state index is 3.59. The second-order valence-electron chi connectivity index (χ2n) is 5.09. The third kappa shape index (κ3) is 2.98. The fourth-order valence-corrected chi connectivity index (χ4v) is 2.15. The zero-order valence-electron chi connectivity index (χ0n) is 9.69. The van der Waals surface area contributed by atoms with Gasteiger partial charge in [0, 0.05) is 12.6 Å². The molecule has 0 saturated heterocycles. The number of nitrogens with one attached hydrogen (secondary N) is 1. The minimum absolute atomic E-state index is 0.645. The molecule has 1 N–H and O–H groups in total. The van der Waals surface area contributed by atoms with Crippen LogP contribution in [-0.4, -0.2) is 12.6 Å². The molecule has 0 radical (unpaired) electrons. The molecular weight excluding hydrogens is 158 g/mol. The van der Waals surface area contributed by atoms with Crippen molar-refractivity contribution in [2.75, 3.05) is 6.54 Å². The summed E-state index contributed by atoms with van der Waals surface area (Å²) in [5.41, 5.74) is 0.681. The van der Waals surface area contributed by atoms with Crippen LogP contribution >= 0.6 is 0 Å². The predicted molar refractivity (Wildman–Crippen MR) is 58.9 cm³/mol. The highest BCUT2D eigenvalue weighted by Crippen LogP contribution is 2.52. The molecule has 1 aliphatic carbocycles. The van der Waals surface area contributed by atoms with E-state index in [1.165, 1.54) is 32.2 Å². The average molecular weight is 183 g/mol. The van der Waals surface area contributed by atoms with Crippen LogP contribution in [0.15, 0.2) is 0 Å². The molecule has 1 saturated carbocycles. The Morgan fingerprint density at radius 2 is 1.85 bits per heavy atom. The molecule has 1 unspecified atom stereocenters. The molecule has 0 aromatic carbocycles. The average Bonchev–Trinajstić information content (AvgIpc) is 2.82. The van der Waals surface area contributed by atoms with Gasteiger partial charge in [0.25, 0.3) is 0 Å². The lowest BCUT2D eigenvalue weighted by Gasteiger charge is -2.24. The normalized spacial score (nSPS) is 21.9. The first-order valence-corrected chi connectivity index (χ1v) is 5.84. The molecular formula is C12H25N. The number of hydrogen-bond donors (Lipinski definition) is 1. The van der Waals surface area contributed by atoms with Gasteiger partial charge in [-0.05, 0) is 24.2 Å². The van der Waals surface area contributed by atoms with Crippen molar-refractivity contribution in [3.05, 3.63) is 0 Å². The lowest BCUT2D eigenvalue weighted by atomic mass is 9.87. The molecule has 1 fully saturated rings.